The molecular formula is C19H24N4O. The van der Waals surface area contributed by atoms with Crippen LogP contribution >= 0.6 is 0 Å². The van der Waals surface area contributed by atoms with Crippen molar-refractivity contribution in [1.82, 2.24) is 14.9 Å². The van der Waals surface area contributed by atoms with Crippen LogP contribution in [-0.2, 0) is 13.0 Å². The van der Waals surface area contributed by atoms with Crippen LogP contribution in [0.15, 0.2) is 30.6 Å². The second-order valence-electron chi connectivity index (χ2n) is 6.82. The lowest BCUT2D eigenvalue weighted by atomic mass is 9.98. The number of methoxy groups -OCH3 is 1. The van der Waals surface area contributed by atoms with Gasteiger partial charge in [0, 0.05) is 44.1 Å². The molecule has 2 aliphatic heterocycles. The van der Waals surface area contributed by atoms with Crippen molar-refractivity contribution in [2.75, 3.05) is 38.7 Å². The Hall–Kier alpha value is -2.14. The van der Waals surface area contributed by atoms with Gasteiger partial charge < -0.3 is 14.5 Å². The summed E-state index contributed by atoms with van der Waals surface area (Å²) in [5.74, 6) is 2.62. The van der Waals surface area contributed by atoms with Crippen molar-refractivity contribution in [2.45, 2.75) is 25.3 Å². The second-order valence-corrected chi connectivity index (χ2v) is 6.82. The third kappa shape index (κ3) is 2.84. The van der Waals surface area contributed by atoms with E-state index in [1.807, 2.05) is 0 Å². The third-order valence-electron chi connectivity index (χ3n) is 5.25. The zero-order valence-corrected chi connectivity index (χ0v) is 14.4. The molecule has 0 radical (unpaired) electrons. The molecule has 0 N–H and O–H groups in total. The first-order chi connectivity index (χ1) is 11.7. The van der Waals surface area contributed by atoms with E-state index in [1.54, 1.807) is 13.4 Å². The van der Waals surface area contributed by atoms with Gasteiger partial charge in [-0.3, -0.25) is 0 Å². The molecule has 1 atom stereocenters. The van der Waals surface area contributed by atoms with Crippen molar-refractivity contribution in [1.29, 1.82) is 0 Å². The van der Waals surface area contributed by atoms with Gasteiger partial charge in [-0.1, -0.05) is 12.1 Å². The van der Waals surface area contributed by atoms with Gasteiger partial charge in [0.25, 0.3) is 0 Å². The summed E-state index contributed by atoms with van der Waals surface area (Å²) in [4.78, 5) is 13.9. The molecule has 3 heterocycles. The van der Waals surface area contributed by atoms with Crippen LogP contribution in [-0.4, -0.2) is 48.7 Å². The number of anilines is 1. The number of hydrogen-bond donors (Lipinski definition) is 0. The van der Waals surface area contributed by atoms with Crippen LogP contribution in [0.1, 0.15) is 29.2 Å². The molecule has 1 fully saturated rings. The molecule has 5 heteroatoms. The zero-order valence-electron chi connectivity index (χ0n) is 14.4. The van der Waals surface area contributed by atoms with E-state index in [4.69, 9.17) is 4.74 Å². The molecule has 0 aliphatic carbocycles. The largest absolute Gasteiger partial charge is 0.497 e. The van der Waals surface area contributed by atoms with Crippen LogP contribution in [0.3, 0.4) is 0 Å². The number of nitrogens with zero attached hydrogens (tertiary/aromatic N) is 4. The monoisotopic (exact) mass is 324 g/mol. The van der Waals surface area contributed by atoms with Crippen molar-refractivity contribution in [3.05, 3.63) is 47.4 Å². The SMILES string of the molecule is COc1ccc([C@@H]2CCN(c3ncnc4c3CN(C)CC4)C2)cc1. The highest BCUT2D eigenvalue weighted by molar-refractivity contribution is 5.51. The van der Waals surface area contributed by atoms with Crippen LogP contribution in [0.2, 0.25) is 0 Å². The van der Waals surface area contributed by atoms with E-state index in [1.165, 1.54) is 23.2 Å². The summed E-state index contributed by atoms with van der Waals surface area (Å²) in [5.41, 5.74) is 3.94. The van der Waals surface area contributed by atoms with Crippen molar-refractivity contribution in [3.8, 4) is 5.75 Å². The minimum absolute atomic E-state index is 0.558. The lowest BCUT2D eigenvalue weighted by molar-refractivity contribution is 0.309. The summed E-state index contributed by atoms with van der Waals surface area (Å²) in [5, 5.41) is 0. The van der Waals surface area contributed by atoms with E-state index >= 15 is 0 Å². The maximum atomic E-state index is 5.26. The number of benzene rings is 1. The van der Waals surface area contributed by atoms with Crippen molar-refractivity contribution >= 4 is 5.82 Å². The summed E-state index contributed by atoms with van der Waals surface area (Å²) in [6.07, 6.45) is 3.93. The Balaban J connectivity index is 1.54. The Labute approximate surface area is 143 Å². The first-order valence-corrected chi connectivity index (χ1v) is 8.65. The molecule has 2 aromatic rings. The Morgan fingerprint density at radius 1 is 1.12 bits per heavy atom. The number of aromatic nitrogens is 2. The average molecular weight is 324 g/mol. The highest BCUT2D eigenvalue weighted by Crippen LogP contribution is 2.33. The van der Waals surface area contributed by atoms with Gasteiger partial charge in [0.15, 0.2) is 0 Å². The topological polar surface area (TPSA) is 41.5 Å². The molecule has 4 rings (SSSR count). The van der Waals surface area contributed by atoms with E-state index in [9.17, 15) is 0 Å². The molecule has 0 spiro atoms. The summed E-state index contributed by atoms with van der Waals surface area (Å²) < 4.78 is 5.26. The van der Waals surface area contributed by atoms with E-state index < -0.39 is 0 Å². The van der Waals surface area contributed by atoms with Gasteiger partial charge in [-0.25, -0.2) is 9.97 Å². The van der Waals surface area contributed by atoms with Crippen LogP contribution in [0.5, 0.6) is 5.75 Å². The van der Waals surface area contributed by atoms with E-state index in [0.717, 1.165) is 44.2 Å². The maximum Gasteiger partial charge on any atom is 0.136 e. The summed E-state index contributed by atoms with van der Waals surface area (Å²) in [6, 6.07) is 8.49. The average Bonchev–Trinajstić information content (AvgIpc) is 3.11. The quantitative estimate of drug-likeness (QED) is 0.867. The molecule has 0 bridgehead atoms. The van der Waals surface area contributed by atoms with Gasteiger partial charge in [0.1, 0.15) is 17.9 Å². The number of rotatable bonds is 3. The highest BCUT2D eigenvalue weighted by atomic mass is 16.5. The number of ether oxygens (including phenoxy) is 1. The Kier molecular flexibility index (Phi) is 4.10. The predicted molar refractivity (Wildman–Crippen MR) is 94.6 cm³/mol. The lowest BCUT2D eigenvalue weighted by Gasteiger charge is -2.28. The first kappa shape index (κ1) is 15.4. The van der Waals surface area contributed by atoms with Crippen LogP contribution in [0.25, 0.3) is 0 Å². The fraction of sp³-hybridized carbons (Fsp3) is 0.474. The maximum absolute atomic E-state index is 5.26. The summed E-state index contributed by atoms with van der Waals surface area (Å²) >= 11 is 0. The normalized spacial score (nSPS) is 20.9. The van der Waals surface area contributed by atoms with Gasteiger partial charge in [0.05, 0.1) is 12.8 Å². The fourth-order valence-corrected chi connectivity index (χ4v) is 3.83. The minimum atomic E-state index is 0.558. The van der Waals surface area contributed by atoms with Crippen LogP contribution < -0.4 is 9.64 Å². The Morgan fingerprint density at radius 2 is 1.96 bits per heavy atom. The summed E-state index contributed by atoms with van der Waals surface area (Å²) in [6.45, 7) is 4.12. The lowest BCUT2D eigenvalue weighted by Crippen LogP contribution is -2.31. The van der Waals surface area contributed by atoms with Crippen molar-refractivity contribution in [2.24, 2.45) is 0 Å². The van der Waals surface area contributed by atoms with E-state index in [0.29, 0.717) is 5.92 Å². The number of fused-ring (bicyclic) bond motifs is 1. The molecule has 24 heavy (non-hydrogen) atoms. The van der Waals surface area contributed by atoms with Crippen LogP contribution in [0, 0.1) is 0 Å². The van der Waals surface area contributed by atoms with Crippen molar-refractivity contribution in [3.63, 3.8) is 0 Å². The standard InChI is InChI=1S/C19H24N4O/c1-22-9-8-18-17(12-22)19(21-13-20-18)23-10-7-15(11-23)14-3-5-16(24-2)6-4-14/h3-6,13,15H,7-12H2,1-2H3/t15-/m1/s1. The molecule has 0 saturated carbocycles. The van der Waals surface area contributed by atoms with E-state index in [2.05, 4.69) is 51.1 Å². The third-order valence-corrected chi connectivity index (χ3v) is 5.25. The van der Waals surface area contributed by atoms with Crippen molar-refractivity contribution < 1.29 is 4.74 Å². The molecule has 1 saturated heterocycles. The Morgan fingerprint density at radius 3 is 2.75 bits per heavy atom. The van der Waals surface area contributed by atoms with Gasteiger partial charge in [-0.15, -0.1) is 0 Å². The highest BCUT2D eigenvalue weighted by Gasteiger charge is 2.28. The molecular weight excluding hydrogens is 300 g/mol. The van der Waals surface area contributed by atoms with Gasteiger partial charge in [-0.05, 0) is 31.2 Å². The minimum Gasteiger partial charge on any atom is -0.497 e. The first-order valence-electron chi connectivity index (χ1n) is 8.65. The van der Waals surface area contributed by atoms with Gasteiger partial charge in [0.2, 0.25) is 0 Å². The second kappa shape index (κ2) is 6.40. The zero-order chi connectivity index (χ0) is 16.5. The molecule has 126 valence electrons. The van der Waals surface area contributed by atoms with Gasteiger partial charge in [-0.2, -0.15) is 0 Å². The number of hydrogen-bond acceptors (Lipinski definition) is 5. The molecule has 0 amide bonds. The van der Waals surface area contributed by atoms with Gasteiger partial charge >= 0.3 is 0 Å². The fourth-order valence-electron chi connectivity index (χ4n) is 3.83. The predicted octanol–water partition coefficient (Wildman–Crippen LogP) is 2.47. The molecule has 1 aromatic heterocycles. The van der Waals surface area contributed by atoms with Crippen LogP contribution in [0.4, 0.5) is 5.82 Å². The molecule has 5 nitrogen and oxygen atoms in total. The molecule has 2 aliphatic rings. The smallest absolute Gasteiger partial charge is 0.136 e. The number of likely N-dealkylation sites (N-methyl/N-ethyl adjacent to an activating group) is 1. The molecule has 0 unspecified atom stereocenters. The summed E-state index contributed by atoms with van der Waals surface area (Å²) in [7, 11) is 3.88. The molecule has 1 aromatic carbocycles. The van der Waals surface area contributed by atoms with E-state index in [-0.39, 0.29) is 0 Å². The Bertz CT molecular complexity index is 716.